The van der Waals surface area contributed by atoms with E-state index < -0.39 is 0 Å². The summed E-state index contributed by atoms with van der Waals surface area (Å²) in [6, 6.07) is 0. The molecule has 4 rings (SSSR count). The number of alkyl halides is 1. The minimum atomic E-state index is 0.666. The van der Waals surface area contributed by atoms with Gasteiger partial charge in [-0.1, -0.05) is 36.4 Å². The zero-order chi connectivity index (χ0) is 9.22. The topological polar surface area (TPSA) is 0 Å². The lowest BCUT2D eigenvalue weighted by atomic mass is 9.46. The maximum Gasteiger partial charge on any atom is 0.0172 e. The molecule has 1 heteroatoms. The summed E-state index contributed by atoms with van der Waals surface area (Å²) in [6.07, 6.45) is 6.22. The third-order valence-electron chi connectivity index (χ3n) is 5.27. The van der Waals surface area contributed by atoms with Gasteiger partial charge in [0.05, 0.1) is 0 Å². The molecule has 0 aromatic heterocycles. The third-order valence-corrected chi connectivity index (χ3v) is 7.16. The van der Waals surface area contributed by atoms with Gasteiger partial charge in [-0.2, -0.15) is 0 Å². The van der Waals surface area contributed by atoms with Gasteiger partial charge in [0.15, 0.2) is 0 Å². The second-order valence-electron chi connectivity index (χ2n) is 6.14. The van der Waals surface area contributed by atoms with Crippen molar-refractivity contribution < 1.29 is 0 Å². The highest BCUT2D eigenvalue weighted by molar-refractivity contribution is 14.1. The van der Waals surface area contributed by atoms with E-state index in [-0.39, 0.29) is 0 Å². The smallest absolute Gasteiger partial charge is 0.0172 e. The molecule has 13 heavy (non-hydrogen) atoms. The Morgan fingerprint density at radius 3 is 2.62 bits per heavy atom. The zero-order valence-electron chi connectivity index (χ0n) is 8.59. The van der Waals surface area contributed by atoms with Crippen molar-refractivity contribution >= 4 is 22.6 Å². The first-order valence-electron chi connectivity index (χ1n) is 5.73. The fourth-order valence-corrected chi connectivity index (χ4v) is 6.19. The Morgan fingerprint density at radius 1 is 1.08 bits per heavy atom. The summed E-state index contributed by atoms with van der Waals surface area (Å²) in [4.78, 5) is 0. The maximum absolute atomic E-state index is 2.75. The lowest BCUT2D eigenvalue weighted by Gasteiger charge is -2.61. The van der Waals surface area contributed by atoms with Crippen molar-refractivity contribution in [1.82, 2.24) is 0 Å². The molecular weight excluding hydrogens is 271 g/mol. The Balaban J connectivity index is 1.99. The maximum atomic E-state index is 2.75. The summed E-state index contributed by atoms with van der Waals surface area (Å²) in [5, 5.41) is 0. The lowest BCUT2D eigenvalue weighted by molar-refractivity contribution is -0.0779. The number of rotatable bonds is 0. The number of hydrogen-bond acceptors (Lipinski definition) is 0. The normalized spacial score (nSPS) is 57.0. The molecule has 4 saturated carbocycles. The van der Waals surface area contributed by atoms with Crippen molar-refractivity contribution in [2.75, 3.05) is 0 Å². The molecule has 0 saturated heterocycles. The predicted molar refractivity (Wildman–Crippen MR) is 64.0 cm³/mol. The van der Waals surface area contributed by atoms with E-state index in [1.165, 1.54) is 0 Å². The van der Waals surface area contributed by atoms with Gasteiger partial charge in [0, 0.05) is 3.92 Å². The molecule has 0 aromatic rings. The molecule has 4 aliphatic carbocycles. The number of hydrogen-bond donors (Lipinski definition) is 0. The molecule has 4 bridgehead atoms. The molecule has 4 fully saturated rings. The fourth-order valence-electron chi connectivity index (χ4n) is 4.38. The Morgan fingerprint density at radius 2 is 1.85 bits per heavy atom. The van der Waals surface area contributed by atoms with Gasteiger partial charge in [-0.15, -0.1) is 0 Å². The second kappa shape index (κ2) is 2.65. The highest BCUT2D eigenvalue weighted by Crippen LogP contribution is 2.63. The molecule has 0 heterocycles. The first-order valence-corrected chi connectivity index (χ1v) is 6.97. The van der Waals surface area contributed by atoms with E-state index >= 15 is 0 Å². The van der Waals surface area contributed by atoms with Crippen LogP contribution in [0.1, 0.15) is 39.5 Å². The predicted octanol–water partition coefficient (Wildman–Crippen LogP) is 3.88. The van der Waals surface area contributed by atoms with Gasteiger partial charge in [0.1, 0.15) is 0 Å². The first-order chi connectivity index (χ1) is 6.09. The van der Waals surface area contributed by atoms with E-state index in [2.05, 4.69) is 36.4 Å². The van der Waals surface area contributed by atoms with Crippen LogP contribution in [0.2, 0.25) is 0 Å². The van der Waals surface area contributed by atoms with Crippen molar-refractivity contribution in [2.24, 2.45) is 29.1 Å². The van der Waals surface area contributed by atoms with Crippen LogP contribution in [0.4, 0.5) is 0 Å². The first kappa shape index (κ1) is 8.99. The SMILES string of the molecule is CC1(C)[C@H]2C[C@@H]3C[C@H](C2)[C@@H](I)[C@H]1C3. The molecule has 0 aromatic carbocycles. The molecular formula is C12H19I. The molecule has 0 radical (unpaired) electrons. The van der Waals surface area contributed by atoms with Crippen LogP contribution in [0.25, 0.3) is 0 Å². The third kappa shape index (κ3) is 1.09. The van der Waals surface area contributed by atoms with Crippen molar-refractivity contribution in [1.29, 1.82) is 0 Å². The Labute approximate surface area is 95.0 Å². The molecule has 4 aliphatic rings. The summed E-state index contributed by atoms with van der Waals surface area (Å²) in [5.41, 5.74) is 0.666. The van der Waals surface area contributed by atoms with Crippen LogP contribution >= 0.6 is 22.6 Å². The van der Waals surface area contributed by atoms with E-state index in [1.807, 2.05) is 0 Å². The van der Waals surface area contributed by atoms with Crippen LogP contribution in [0, 0.1) is 29.1 Å². The Bertz CT molecular complexity index is 233. The summed E-state index contributed by atoms with van der Waals surface area (Å²) in [6.45, 7) is 5.07. The average Bonchev–Trinajstić information content (AvgIpc) is 2.08. The largest absolute Gasteiger partial charge is 0.0820 e. The standard InChI is InChI=1S/C12H19I/c1-12(2)9-4-7-3-8(6-9)11(13)10(12)5-7/h7-11H,3-6H2,1-2H3/t7-,8+,9-,10+,11+/m0/s1. The van der Waals surface area contributed by atoms with Crippen molar-refractivity contribution in [2.45, 2.75) is 43.5 Å². The average molecular weight is 290 g/mol. The molecule has 5 atom stereocenters. The van der Waals surface area contributed by atoms with Gasteiger partial charge < -0.3 is 0 Å². The summed E-state index contributed by atoms with van der Waals surface area (Å²) in [5.74, 6) is 4.33. The summed E-state index contributed by atoms with van der Waals surface area (Å²) >= 11 is 2.75. The van der Waals surface area contributed by atoms with Gasteiger partial charge in [0.2, 0.25) is 0 Å². The fraction of sp³-hybridized carbons (Fsp3) is 1.00. The summed E-state index contributed by atoms with van der Waals surface area (Å²) < 4.78 is 1.00. The van der Waals surface area contributed by atoms with Gasteiger partial charge in [0.25, 0.3) is 0 Å². The van der Waals surface area contributed by atoms with Gasteiger partial charge in [-0.25, -0.2) is 0 Å². The van der Waals surface area contributed by atoms with Gasteiger partial charge in [-0.05, 0) is 54.8 Å². The van der Waals surface area contributed by atoms with Crippen LogP contribution < -0.4 is 0 Å². The quantitative estimate of drug-likeness (QED) is 0.469. The molecule has 0 amide bonds. The molecule has 74 valence electrons. The molecule has 0 N–H and O–H groups in total. The second-order valence-corrected chi connectivity index (χ2v) is 7.58. The van der Waals surface area contributed by atoms with E-state index in [0.29, 0.717) is 5.41 Å². The minimum Gasteiger partial charge on any atom is -0.0820 e. The molecule has 0 aliphatic heterocycles. The highest BCUT2D eigenvalue weighted by Gasteiger charge is 2.56. The highest BCUT2D eigenvalue weighted by atomic mass is 127. The number of halogens is 1. The van der Waals surface area contributed by atoms with Crippen molar-refractivity contribution in [3.8, 4) is 0 Å². The monoisotopic (exact) mass is 290 g/mol. The van der Waals surface area contributed by atoms with Crippen molar-refractivity contribution in [3.63, 3.8) is 0 Å². The van der Waals surface area contributed by atoms with Gasteiger partial charge in [-0.3, -0.25) is 0 Å². The van der Waals surface area contributed by atoms with E-state index in [1.54, 1.807) is 25.7 Å². The Hall–Kier alpha value is 0.730. The minimum absolute atomic E-state index is 0.666. The lowest BCUT2D eigenvalue weighted by Crippen LogP contribution is -2.55. The van der Waals surface area contributed by atoms with Crippen LogP contribution in [0.3, 0.4) is 0 Å². The van der Waals surface area contributed by atoms with Gasteiger partial charge >= 0.3 is 0 Å². The Kier molecular flexibility index (Phi) is 1.83. The van der Waals surface area contributed by atoms with Crippen LogP contribution in [0.15, 0.2) is 0 Å². The van der Waals surface area contributed by atoms with E-state index in [4.69, 9.17) is 0 Å². The van der Waals surface area contributed by atoms with Crippen LogP contribution in [-0.4, -0.2) is 3.92 Å². The zero-order valence-corrected chi connectivity index (χ0v) is 10.8. The molecule has 0 nitrogen and oxygen atoms in total. The van der Waals surface area contributed by atoms with E-state index in [9.17, 15) is 0 Å². The summed E-state index contributed by atoms with van der Waals surface area (Å²) in [7, 11) is 0. The van der Waals surface area contributed by atoms with Crippen LogP contribution in [-0.2, 0) is 0 Å². The molecule has 0 spiro atoms. The molecule has 0 unspecified atom stereocenters. The van der Waals surface area contributed by atoms with E-state index in [0.717, 1.165) is 27.6 Å². The van der Waals surface area contributed by atoms with Crippen LogP contribution in [0.5, 0.6) is 0 Å². The van der Waals surface area contributed by atoms with Crippen molar-refractivity contribution in [3.05, 3.63) is 0 Å².